The average Bonchev–Trinajstić information content (AvgIpc) is 2.77. The Morgan fingerprint density at radius 3 is 2.41 bits per heavy atom. The van der Waals surface area contributed by atoms with Crippen molar-refractivity contribution in [2.75, 3.05) is 51.9 Å². The Labute approximate surface area is 172 Å². The van der Waals surface area contributed by atoms with Gasteiger partial charge in [-0.15, -0.1) is 10.2 Å². The van der Waals surface area contributed by atoms with E-state index < -0.39 is 0 Å². The van der Waals surface area contributed by atoms with E-state index in [0.29, 0.717) is 6.04 Å². The van der Waals surface area contributed by atoms with E-state index in [9.17, 15) is 0 Å². The van der Waals surface area contributed by atoms with Crippen molar-refractivity contribution in [2.45, 2.75) is 13.0 Å². The largest absolute Gasteiger partial charge is 0.497 e. The molecule has 0 unspecified atom stereocenters. The minimum absolute atomic E-state index is 0.445. The predicted octanol–water partition coefficient (Wildman–Crippen LogP) is 3.46. The van der Waals surface area contributed by atoms with Crippen LogP contribution in [-0.4, -0.2) is 68.1 Å². The normalized spacial score (nSPS) is 17.6. The number of ether oxygens (including phenoxy) is 2. The van der Waals surface area contributed by atoms with Crippen LogP contribution < -0.4 is 9.64 Å². The number of rotatable bonds is 6. The first-order chi connectivity index (χ1) is 14.2. The lowest BCUT2D eigenvalue weighted by molar-refractivity contribution is 0.117. The second-order valence-corrected chi connectivity index (χ2v) is 7.47. The highest BCUT2D eigenvalue weighted by molar-refractivity contribution is 6.00. The van der Waals surface area contributed by atoms with Gasteiger partial charge in [-0.3, -0.25) is 4.90 Å². The molecule has 0 aliphatic carbocycles. The molecule has 0 bridgehead atoms. The fraction of sp³-hybridized carbons (Fsp3) is 0.391. The third kappa shape index (κ3) is 4.04. The predicted molar refractivity (Wildman–Crippen MR) is 117 cm³/mol. The third-order valence-electron chi connectivity index (χ3n) is 5.68. The molecule has 29 heavy (non-hydrogen) atoms. The Morgan fingerprint density at radius 2 is 1.72 bits per heavy atom. The van der Waals surface area contributed by atoms with Crippen LogP contribution in [0.4, 0.5) is 5.82 Å². The van der Waals surface area contributed by atoms with Crippen molar-refractivity contribution in [2.24, 2.45) is 0 Å². The van der Waals surface area contributed by atoms with Crippen LogP contribution in [0.15, 0.2) is 48.5 Å². The molecule has 1 fully saturated rings. The second kappa shape index (κ2) is 8.76. The van der Waals surface area contributed by atoms with Gasteiger partial charge in [-0.1, -0.05) is 24.3 Å². The molecule has 4 rings (SSSR count). The van der Waals surface area contributed by atoms with Gasteiger partial charge in [0, 0.05) is 55.7 Å². The quantitative estimate of drug-likeness (QED) is 0.640. The molecule has 1 aromatic heterocycles. The zero-order valence-corrected chi connectivity index (χ0v) is 17.3. The molecule has 2 aromatic carbocycles. The van der Waals surface area contributed by atoms with E-state index in [0.717, 1.165) is 66.4 Å². The van der Waals surface area contributed by atoms with Gasteiger partial charge >= 0.3 is 0 Å². The van der Waals surface area contributed by atoms with Gasteiger partial charge in [0.15, 0.2) is 5.82 Å². The maximum Gasteiger partial charge on any atom is 0.159 e. The fourth-order valence-corrected chi connectivity index (χ4v) is 4.01. The van der Waals surface area contributed by atoms with Crippen LogP contribution in [0.2, 0.25) is 0 Å². The second-order valence-electron chi connectivity index (χ2n) is 7.47. The minimum Gasteiger partial charge on any atom is -0.497 e. The molecule has 3 aromatic rings. The maximum absolute atomic E-state index is 5.28. The van der Waals surface area contributed by atoms with Crippen molar-refractivity contribution in [1.29, 1.82) is 0 Å². The Morgan fingerprint density at radius 1 is 0.966 bits per heavy atom. The first-order valence-corrected chi connectivity index (χ1v) is 10.1. The highest BCUT2D eigenvalue weighted by atomic mass is 16.5. The number of hydrogen-bond donors (Lipinski definition) is 0. The number of anilines is 1. The van der Waals surface area contributed by atoms with Crippen molar-refractivity contribution in [3.63, 3.8) is 0 Å². The van der Waals surface area contributed by atoms with Gasteiger partial charge in [-0.05, 0) is 31.2 Å². The Bertz CT molecular complexity index is 961. The molecule has 2 heterocycles. The van der Waals surface area contributed by atoms with Gasteiger partial charge in [0.25, 0.3) is 0 Å². The molecule has 1 aliphatic heterocycles. The molecule has 6 heteroatoms. The summed E-state index contributed by atoms with van der Waals surface area (Å²) in [6.07, 6.45) is 0. The summed E-state index contributed by atoms with van der Waals surface area (Å²) in [5.41, 5.74) is 1.94. The maximum atomic E-state index is 5.28. The van der Waals surface area contributed by atoms with Crippen LogP contribution in [0.1, 0.15) is 6.92 Å². The van der Waals surface area contributed by atoms with Crippen molar-refractivity contribution in [3.05, 3.63) is 48.5 Å². The smallest absolute Gasteiger partial charge is 0.159 e. The van der Waals surface area contributed by atoms with Gasteiger partial charge in [-0.25, -0.2) is 0 Å². The summed E-state index contributed by atoms with van der Waals surface area (Å²) in [7, 11) is 3.43. The third-order valence-corrected chi connectivity index (χ3v) is 5.68. The molecule has 1 atom stereocenters. The monoisotopic (exact) mass is 392 g/mol. The van der Waals surface area contributed by atoms with Crippen molar-refractivity contribution in [3.8, 4) is 17.0 Å². The summed E-state index contributed by atoms with van der Waals surface area (Å²) in [5.74, 6) is 1.80. The van der Waals surface area contributed by atoms with Gasteiger partial charge in [-0.2, -0.15) is 0 Å². The van der Waals surface area contributed by atoms with Crippen LogP contribution in [-0.2, 0) is 4.74 Å². The molecular weight excluding hydrogens is 364 g/mol. The van der Waals surface area contributed by atoms with Crippen LogP contribution in [0.3, 0.4) is 0 Å². The van der Waals surface area contributed by atoms with Crippen molar-refractivity contribution >= 4 is 16.6 Å². The summed E-state index contributed by atoms with van der Waals surface area (Å²) in [6.45, 7) is 6.88. The number of nitrogens with zero attached hydrogens (tertiary/aromatic N) is 4. The van der Waals surface area contributed by atoms with E-state index in [-0.39, 0.29) is 0 Å². The van der Waals surface area contributed by atoms with E-state index in [1.807, 2.05) is 24.3 Å². The molecule has 0 spiro atoms. The van der Waals surface area contributed by atoms with Gasteiger partial charge < -0.3 is 14.4 Å². The van der Waals surface area contributed by atoms with Crippen LogP contribution in [0.25, 0.3) is 22.0 Å². The van der Waals surface area contributed by atoms with E-state index in [2.05, 4.69) is 51.2 Å². The van der Waals surface area contributed by atoms with Crippen LogP contribution >= 0.6 is 0 Å². The summed E-state index contributed by atoms with van der Waals surface area (Å²) in [5, 5.41) is 11.6. The highest BCUT2D eigenvalue weighted by Crippen LogP contribution is 2.32. The molecule has 1 saturated heterocycles. The summed E-state index contributed by atoms with van der Waals surface area (Å²) in [6, 6.07) is 16.8. The molecular formula is C23H28N4O2. The lowest BCUT2D eigenvalue weighted by Crippen LogP contribution is -2.53. The van der Waals surface area contributed by atoms with Gasteiger partial charge in [0.1, 0.15) is 11.4 Å². The number of hydrogen-bond acceptors (Lipinski definition) is 6. The molecule has 0 saturated carbocycles. The molecule has 0 amide bonds. The van der Waals surface area contributed by atoms with E-state index in [1.54, 1.807) is 14.2 Å². The zero-order chi connectivity index (χ0) is 20.2. The first kappa shape index (κ1) is 19.6. The fourth-order valence-electron chi connectivity index (χ4n) is 4.01. The van der Waals surface area contributed by atoms with Crippen LogP contribution in [0.5, 0.6) is 5.75 Å². The first-order valence-electron chi connectivity index (χ1n) is 10.1. The molecule has 0 radical (unpaired) electrons. The highest BCUT2D eigenvalue weighted by Gasteiger charge is 2.26. The van der Waals surface area contributed by atoms with Crippen molar-refractivity contribution in [1.82, 2.24) is 15.1 Å². The van der Waals surface area contributed by atoms with E-state index in [4.69, 9.17) is 9.47 Å². The standard InChI is InChI=1S/C23H28N4O2/c1-17-16-27(13-12-26(17)14-15-28-2)23-21-7-5-4-6-20(21)22(24-25-23)18-8-10-19(29-3)11-9-18/h4-11,17H,12-16H2,1-3H3/t17-/m1/s1. The Kier molecular flexibility index (Phi) is 5.92. The number of piperazine rings is 1. The van der Waals surface area contributed by atoms with Gasteiger partial charge in [0.2, 0.25) is 0 Å². The molecule has 1 aliphatic rings. The molecule has 0 N–H and O–H groups in total. The number of methoxy groups -OCH3 is 2. The SMILES string of the molecule is COCCN1CCN(c2nnc(-c3ccc(OC)cc3)c3ccccc23)C[C@H]1C. The van der Waals surface area contributed by atoms with Gasteiger partial charge in [0.05, 0.1) is 13.7 Å². The molecule has 152 valence electrons. The van der Waals surface area contributed by atoms with E-state index >= 15 is 0 Å². The van der Waals surface area contributed by atoms with Crippen LogP contribution in [0, 0.1) is 0 Å². The Balaban J connectivity index is 1.65. The topological polar surface area (TPSA) is 50.7 Å². The molecule has 6 nitrogen and oxygen atoms in total. The minimum atomic E-state index is 0.445. The number of benzene rings is 2. The summed E-state index contributed by atoms with van der Waals surface area (Å²) in [4.78, 5) is 4.84. The summed E-state index contributed by atoms with van der Waals surface area (Å²) < 4.78 is 10.5. The van der Waals surface area contributed by atoms with E-state index in [1.165, 1.54) is 0 Å². The average molecular weight is 393 g/mol. The summed E-state index contributed by atoms with van der Waals surface area (Å²) >= 11 is 0. The lowest BCUT2D eigenvalue weighted by atomic mass is 10.0. The number of fused-ring (bicyclic) bond motifs is 1. The van der Waals surface area contributed by atoms with Crippen molar-refractivity contribution < 1.29 is 9.47 Å². The zero-order valence-electron chi connectivity index (χ0n) is 17.3. The number of aromatic nitrogens is 2. The lowest BCUT2D eigenvalue weighted by Gasteiger charge is -2.40. The Hall–Kier alpha value is -2.70.